The molecule has 0 aliphatic carbocycles. The van der Waals surface area contributed by atoms with E-state index in [2.05, 4.69) is 9.68 Å². The van der Waals surface area contributed by atoms with Gasteiger partial charge in [0.05, 0.1) is 6.61 Å². The summed E-state index contributed by atoms with van der Waals surface area (Å²) >= 11 is 0. The summed E-state index contributed by atoms with van der Waals surface area (Å²) in [6.45, 7) is 4.08. The summed E-state index contributed by atoms with van der Waals surface area (Å²) < 4.78 is 9.10. The molecular formula is C8H10NO4. The number of esters is 1. The number of aromatic nitrogens is 1. The number of rotatable bonds is 3. The van der Waals surface area contributed by atoms with Gasteiger partial charge in [-0.3, -0.25) is 5.11 Å². The van der Waals surface area contributed by atoms with Gasteiger partial charge in [0.15, 0.2) is 5.56 Å². The van der Waals surface area contributed by atoms with Crippen LogP contribution in [0.1, 0.15) is 24.2 Å². The topological polar surface area (TPSA) is 72.2 Å². The normalized spacial score (nSPS) is 10.4. The van der Waals surface area contributed by atoms with Gasteiger partial charge in [-0.15, -0.1) is 0 Å². The quantitative estimate of drug-likeness (QED) is 0.669. The summed E-state index contributed by atoms with van der Waals surface area (Å²) in [4.78, 5) is 11.1. The molecule has 0 amide bonds. The number of ether oxygens (including phenoxy) is 1. The number of hydrogen-bond donors (Lipinski definition) is 0. The van der Waals surface area contributed by atoms with Crippen LogP contribution in [-0.2, 0) is 9.84 Å². The van der Waals surface area contributed by atoms with Crippen molar-refractivity contribution in [1.29, 1.82) is 0 Å². The molecule has 13 heavy (non-hydrogen) atoms. The van der Waals surface area contributed by atoms with Crippen LogP contribution in [0.15, 0.2) is 10.8 Å². The van der Waals surface area contributed by atoms with Gasteiger partial charge >= 0.3 is 11.8 Å². The number of carbonyl (C=O) groups is 1. The van der Waals surface area contributed by atoms with Crippen molar-refractivity contribution in [1.82, 2.24) is 5.16 Å². The molecule has 5 heteroatoms. The molecule has 1 radical (unpaired) electrons. The van der Waals surface area contributed by atoms with E-state index in [9.17, 15) is 9.90 Å². The maximum Gasteiger partial charge on any atom is 0.347 e. The third kappa shape index (κ3) is 2.47. The Morgan fingerprint density at radius 3 is 2.85 bits per heavy atom. The fraction of sp³-hybridized carbons (Fsp3) is 0.500. The smallest absolute Gasteiger partial charge is 0.347 e. The molecule has 1 heterocycles. The van der Waals surface area contributed by atoms with Crippen LogP contribution < -0.4 is 0 Å². The molecule has 71 valence electrons. The molecule has 0 spiro atoms. The molecule has 5 nitrogen and oxygen atoms in total. The van der Waals surface area contributed by atoms with Crippen LogP contribution >= 0.6 is 0 Å². The van der Waals surface area contributed by atoms with Gasteiger partial charge in [0.25, 0.3) is 0 Å². The van der Waals surface area contributed by atoms with Gasteiger partial charge in [0, 0.05) is 0 Å². The van der Waals surface area contributed by atoms with Gasteiger partial charge in [0.2, 0.25) is 0 Å². The number of nitrogens with zero attached hydrogens (tertiary/aromatic N) is 1. The summed E-state index contributed by atoms with van der Waals surface area (Å²) in [6, 6.07) is 0. The molecule has 0 aliphatic heterocycles. The third-order valence-corrected chi connectivity index (χ3v) is 1.30. The molecule has 0 saturated carbocycles. The van der Waals surface area contributed by atoms with E-state index in [1.165, 1.54) is 0 Å². The number of carbonyl (C=O) groups excluding carboxylic acids is 1. The fourth-order valence-corrected chi connectivity index (χ4v) is 0.682. The summed E-state index contributed by atoms with van der Waals surface area (Å²) in [5.74, 6) is -1.13. The van der Waals surface area contributed by atoms with Gasteiger partial charge in [-0.05, 0) is 11.1 Å². The molecule has 0 atom stereocenters. The first kappa shape index (κ1) is 9.57. The first-order valence-corrected chi connectivity index (χ1v) is 3.89. The summed E-state index contributed by atoms with van der Waals surface area (Å²) in [7, 11) is 0. The van der Waals surface area contributed by atoms with Gasteiger partial charge < -0.3 is 9.26 Å². The van der Waals surface area contributed by atoms with E-state index in [4.69, 9.17) is 4.74 Å². The highest BCUT2D eigenvalue weighted by Crippen LogP contribution is 2.15. The van der Waals surface area contributed by atoms with Crippen molar-refractivity contribution in [2.75, 3.05) is 6.61 Å². The highest BCUT2D eigenvalue weighted by molar-refractivity contribution is 5.91. The average molecular weight is 184 g/mol. The minimum absolute atomic E-state index is 0.152. The lowest BCUT2D eigenvalue weighted by molar-refractivity contribution is 0.0453. The van der Waals surface area contributed by atoms with E-state index in [1.54, 1.807) is 0 Å². The molecule has 0 N–H and O–H groups in total. The van der Waals surface area contributed by atoms with E-state index < -0.39 is 11.8 Å². The van der Waals surface area contributed by atoms with Crippen LogP contribution in [0.4, 0.5) is 0 Å². The fourth-order valence-electron chi connectivity index (χ4n) is 0.682. The lowest BCUT2D eigenvalue weighted by Crippen LogP contribution is -2.09. The maximum absolute atomic E-state index is 11.1. The van der Waals surface area contributed by atoms with Crippen molar-refractivity contribution in [3.05, 3.63) is 11.8 Å². The monoisotopic (exact) mass is 184 g/mol. The van der Waals surface area contributed by atoms with Gasteiger partial charge in [0.1, 0.15) is 6.26 Å². The Hall–Kier alpha value is -1.52. The lowest BCUT2D eigenvalue weighted by atomic mass is 10.2. The molecule has 1 aromatic heterocycles. The highest BCUT2D eigenvalue weighted by Gasteiger charge is 2.18. The highest BCUT2D eigenvalue weighted by atomic mass is 16.5. The predicted octanol–water partition coefficient (Wildman–Crippen LogP) is 1.63. The van der Waals surface area contributed by atoms with Crippen LogP contribution in [0.3, 0.4) is 0 Å². The minimum Gasteiger partial charge on any atom is -0.462 e. The molecule has 0 aliphatic rings. The molecule has 1 aromatic rings. The Kier molecular flexibility index (Phi) is 2.89. The zero-order valence-corrected chi connectivity index (χ0v) is 7.44. The van der Waals surface area contributed by atoms with Gasteiger partial charge in [-0.25, -0.2) is 4.79 Å². The lowest BCUT2D eigenvalue weighted by Gasteiger charge is -2.04. The second-order valence-corrected chi connectivity index (χ2v) is 3.03. The van der Waals surface area contributed by atoms with Crippen LogP contribution in [0.5, 0.6) is 5.88 Å². The third-order valence-electron chi connectivity index (χ3n) is 1.30. The minimum atomic E-state index is -0.686. The molecular weight excluding hydrogens is 174 g/mol. The SMILES string of the molecule is CC(C)COC(=O)c1conc1[O]. The molecule has 0 fully saturated rings. The van der Waals surface area contributed by atoms with Crippen molar-refractivity contribution < 1.29 is 19.2 Å². The van der Waals surface area contributed by atoms with Gasteiger partial charge in [-0.2, -0.15) is 0 Å². The zero-order chi connectivity index (χ0) is 9.84. The van der Waals surface area contributed by atoms with E-state index in [-0.39, 0.29) is 18.1 Å². The largest absolute Gasteiger partial charge is 0.462 e. The summed E-state index contributed by atoms with van der Waals surface area (Å²) in [6.07, 6.45) is 0.991. The zero-order valence-electron chi connectivity index (χ0n) is 7.44. The first-order valence-electron chi connectivity index (χ1n) is 3.89. The predicted molar refractivity (Wildman–Crippen MR) is 41.8 cm³/mol. The number of hydrogen-bond acceptors (Lipinski definition) is 4. The van der Waals surface area contributed by atoms with Crippen LogP contribution in [-0.4, -0.2) is 17.7 Å². The second kappa shape index (κ2) is 3.93. The Morgan fingerprint density at radius 2 is 2.38 bits per heavy atom. The van der Waals surface area contributed by atoms with Crippen molar-refractivity contribution in [3.63, 3.8) is 0 Å². The van der Waals surface area contributed by atoms with E-state index in [1.807, 2.05) is 13.8 Å². The van der Waals surface area contributed by atoms with Crippen molar-refractivity contribution >= 4 is 5.97 Å². The first-order chi connectivity index (χ1) is 6.11. The molecule has 0 saturated heterocycles. The second-order valence-electron chi connectivity index (χ2n) is 3.03. The van der Waals surface area contributed by atoms with E-state index in [0.717, 1.165) is 6.26 Å². The molecule has 0 bridgehead atoms. The van der Waals surface area contributed by atoms with E-state index >= 15 is 0 Å². The van der Waals surface area contributed by atoms with Crippen LogP contribution in [0.25, 0.3) is 0 Å². The Bertz CT molecular complexity index is 292. The molecule has 1 rings (SSSR count). The van der Waals surface area contributed by atoms with Crippen molar-refractivity contribution in [2.45, 2.75) is 13.8 Å². The van der Waals surface area contributed by atoms with Crippen molar-refractivity contribution in [3.8, 4) is 5.88 Å². The molecule has 0 unspecified atom stereocenters. The maximum atomic E-state index is 11.1. The Morgan fingerprint density at radius 1 is 1.69 bits per heavy atom. The van der Waals surface area contributed by atoms with E-state index in [0.29, 0.717) is 0 Å². The summed E-state index contributed by atoms with van der Waals surface area (Å²) in [5.41, 5.74) is -0.152. The van der Waals surface area contributed by atoms with Crippen LogP contribution in [0.2, 0.25) is 0 Å². The Labute approximate surface area is 75.3 Å². The Balaban J connectivity index is 2.54. The van der Waals surface area contributed by atoms with Gasteiger partial charge in [-0.1, -0.05) is 13.8 Å². The standard InChI is InChI=1S/C8H10NO4/c1-5(2)3-12-8(11)6-4-13-9-7(6)10/h4-5H,3H2,1-2H3. The van der Waals surface area contributed by atoms with Crippen LogP contribution in [0, 0.1) is 5.92 Å². The van der Waals surface area contributed by atoms with Crippen molar-refractivity contribution in [2.24, 2.45) is 5.92 Å². The molecule has 0 aromatic carbocycles. The summed E-state index contributed by atoms with van der Waals surface area (Å²) in [5, 5.41) is 13.8. The average Bonchev–Trinajstić information content (AvgIpc) is 2.47.